The first kappa shape index (κ1) is 25.0. The van der Waals surface area contributed by atoms with E-state index in [0.29, 0.717) is 18.7 Å². The molecule has 0 amide bonds. The van der Waals surface area contributed by atoms with Crippen LogP contribution in [0.5, 0.6) is 0 Å². The maximum atomic E-state index is 11.4. The third-order valence-corrected chi connectivity index (χ3v) is 9.38. The van der Waals surface area contributed by atoms with Gasteiger partial charge in [-0.05, 0) is 38.0 Å². The Balaban J connectivity index is 1.39. The first-order chi connectivity index (χ1) is 15.3. The summed E-state index contributed by atoms with van der Waals surface area (Å²) in [6, 6.07) is 0.432. The molecule has 4 fully saturated rings. The molecule has 4 rings (SSSR count). The van der Waals surface area contributed by atoms with Crippen molar-refractivity contribution < 1.29 is 19.4 Å². The number of fused-ring (bicyclic) bond motifs is 2. The van der Waals surface area contributed by atoms with Crippen LogP contribution in [0, 0.1) is 11.3 Å². The third-order valence-electron chi connectivity index (χ3n) is 7.83. The highest BCUT2D eigenvalue weighted by molar-refractivity contribution is 8.00. The van der Waals surface area contributed by atoms with Gasteiger partial charge in [0.25, 0.3) is 0 Å². The number of aliphatic hydroxyl groups is 1. The van der Waals surface area contributed by atoms with Gasteiger partial charge in [-0.25, -0.2) is 0 Å². The average Bonchev–Trinajstić information content (AvgIpc) is 3.45. The van der Waals surface area contributed by atoms with Crippen molar-refractivity contribution >= 4 is 29.3 Å². The van der Waals surface area contributed by atoms with Gasteiger partial charge in [0.15, 0.2) is 6.35 Å². The standard InChI is InChI=1S/C22H39ClN4O4S/c1-4-19(31-14(2)28)17-10-32-20(24-17)25-21(29)27-12-22(7-8-26(11-22)13-30-3)16-9-15(23)5-6-18(16)27/h15-21,24-25,29H,4-13H2,1-3H3. The van der Waals surface area contributed by atoms with Crippen LogP contribution in [0.2, 0.25) is 0 Å². The van der Waals surface area contributed by atoms with Crippen LogP contribution >= 0.6 is 23.4 Å². The number of likely N-dealkylation sites (tertiary alicyclic amines) is 2. The van der Waals surface area contributed by atoms with Crippen molar-refractivity contribution in [3.63, 3.8) is 0 Å². The maximum Gasteiger partial charge on any atom is 0.302 e. The van der Waals surface area contributed by atoms with Crippen LogP contribution in [0.25, 0.3) is 0 Å². The van der Waals surface area contributed by atoms with E-state index in [-0.39, 0.29) is 34.4 Å². The van der Waals surface area contributed by atoms with E-state index >= 15 is 0 Å². The van der Waals surface area contributed by atoms with Crippen LogP contribution in [-0.4, -0.2) is 95.5 Å². The number of nitrogens with zero attached hydrogens (tertiary/aromatic N) is 2. The lowest BCUT2D eigenvalue weighted by Crippen LogP contribution is -2.56. The summed E-state index contributed by atoms with van der Waals surface area (Å²) in [5.41, 5.74) is 0.0911. The minimum Gasteiger partial charge on any atom is -0.461 e. The molecule has 3 aliphatic heterocycles. The molecule has 8 atom stereocenters. The second-order valence-electron chi connectivity index (χ2n) is 9.92. The Kier molecular flexibility index (Phi) is 8.31. The minimum absolute atomic E-state index is 0.0763. The van der Waals surface area contributed by atoms with Gasteiger partial charge >= 0.3 is 5.97 Å². The highest BCUT2D eigenvalue weighted by Gasteiger charge is 2.57. The first-order valence-corrected chi connectivity index (χ1v) is 13.4. The van der Waals surface area contributed by atoms with Gasteiger partial charge < -0.3 is 14.6 Å². The number of methoxy groups -OCH3 is 1. The fraction of sp³-hybridized carbons (Fsp3) is 0.955. The number of halogens is 1. The Morgan fingerprint density at radius 2 is 2.22 bits per heavy atom. The number of esters is 1. The second kappa shape index (κ2) is 10.6. The van der Waals surface area contributed by atoms with E-state index in [1.54, 1.807) is 18.9 Å². The van der Waals surface area contributed by atoms with Crippen molar-refractivity contribution in [3.8, 4) is 0 Å². The second-order valence-corrected chi connectivity index (χ2v) is 11.7. The molecule has 1 saturated carbocycles. The van der Waals surface area contributed by atoms with E-state index in [9.17, 15) is 9.90 Å². The molecule has 4 aliphatic rings. The molecule has 32 heavy (non-hydrogen) atoms. The van der Waals surface area contributed by atoms with Crippen LogP contribution < -0.4 is 10.6 Å². The van der Waals surface area contributed by atoms with Gasteiger partial charge in [0.1, 0.15) is 11.6 Å². The molecule has 3 heterocycles. The molecule has 0 bridgehead atoms. The highest BCUT2D eigenvalue weighted by atomic mass is 35.5. The Bertz CT molecular complexity index is 663. The van der Waals surface area contributed by atoms with Gasteiger partial charge in [-0.2, -0.15) is 0 Å². The molecule has 0 aromatic rings. The van der Waals surface area contributed by atoms with Crippen molar-refractivity contribution in [1.29, 1.82) is 0 Å². The number of alkyl halides is 1. The van der Waals surface area contributed by atoms with Gasteiger partial charge in [0, 0.05) is 56.3 Å². The zero-order chi connectivity index (χ0) is 22.9. The van der Waals surface area contributed by atoms with Gasteiger partial charge in [0.2, 0.25) is 0 Å². The number of hydrogen-bond donors (Lipinski definition) is 3. The number of hydrogen-bond acceptors (Lipinski definition) is 9. The van der Waals surface area contributed by atoms with E-state index in [1.807, 2.05) is 6.92 Å². The minimum atomic E-state index is -0.720. The molecule has 184 valence electrons. The van der Waals surface area contributed by atoms with Gasteiger partial charge in [-0.15, -0.1) is 23.4 Å². The lowest BCUT2D eigenvalue weighted by molar-refractivity contribution is -0.147. The summed E-state index contributed by atoms with van der Waals surface area (Å²) in [5, 5.41) is 18.4. The van der Waals surface area contributed by atoms with Gasteiger partial charge in [0.05, 0.1) is 12.8 Å². The van der Waals surface area contributed by atoms with Crippen molar-refractivity contribution in [3.05, 3.63) is 0 Å². The molecule has 3 N–H and O–H groups in total. The zero-order valence-corrected chi connectivity index (χ0v) is 21.0. The summed E-state index contributed by atoms with van der Waals surface area (Å²) >= 11 is 8.34. The topological polar surface area (TPSA) is 86.3 Å². The number of aliphatic hydroxyl groups excluding tert-OH is 1. The van der Waals surface area contributed by atoms with Crippen molar-refractivity contribution in [2.24, 2.45) is 11.3 Å². The summed E-state index contributed by atoms with van der Waals surface area (Å²) in [5.74, 6) is 1.09. The van der Waals surface area contributed by atoms with Crippen LogP contribution in [0.3, 0.4) is 0 Å². The van der Waals surface area contributed by atoms with E-state index in [0.717, 1.165) is 57.5 Å². The Hall–Kier alpha value is -0.130. The van der Waals surface area contributed by atoms with Crippen molar-refractivity contribution in [2.75, 3.05) is 39.2 Å². The lowest BCUT2D eigenvalue weighted by atomic mass is 9.69. The van der Waals surface area contributed by atoms with Crippen LogP contribution in [-0.2, 0) is 14.3 Å². The van der Waals surface area contributed by atoms with Crippen LogP contribution in [0.4, 0.5) is 0 Å². The largest absolute Gasteiger partial charge is 0.461 e. The molecule has 10 heteroatoms. The summed E-state index contributed by atoms with van der Waals surface area (Å²) < 4.78 is 10.9. The molecular formula is C22H39ClN4O4S. The predicted octanol–water partition coefficient (Wildman–Crippen LogP) is 1.57. The SMILES string of the molecule is CCC(OC(C)=O)C1CSC(NC(O)N2CC3(CCN(COC)C3)C3CC(Cl)CCC32)N1. The third kappa shape index (κ3) is 5.25. The Morgan fingerprint density at radius 3 is 2.94 bits per heavy atom. The summed E-state index contributed by atoms with van der Waals surface area (Å²) in [6.45, 7) is 7.07. The molecule has 8 nitrogen and oxygen atoms in total. The summed E-state index contributed by atoms with van der Waals surface area (Å²) in [7, 11) is 1.75. The van der Waals surface area contributed by atoms with Gasteiger partial charge in [-0.3, -0.25) is 25.2 Å². The fourth-order valence-electron chi connectivity index (χ4n) is 6.43. The quantitative estimate of drug-likeness (QED) is 0.266. The van der Waals surface area contributed by atoms with Gasteiger partial charge in [-0.1, -0.05) is 6.92 Å². The maximum absolute atomic E-state index is 11.4. The average molecular weight is 491 g/mol. The number of carbonyl (C=O) groups is 1. The predicted molar refractivity (Wildman–Crippen MR) is 126 cm³/mol. The number of thioether (sulfide) groups is 1. The lowest BCUT2D eigenvalue weighted by Gasteiger charge is -2.39. The summed E-state index contributed by atoms with van der Waals surface area (Å²) in [4.78, 5) is 16.1. The normalized spacial score (nSPS) is 40.0. The number of ether oxygens (including phenoxy) is 2. The van der Waals surface area contributed by atoms with E-state index in [2.05, 4.69) is 20.4 Å². The molecule has 3 saturated heterocycles. The van der Waals surface area contributed by atoms with Crippen LogP contribution in [0.15, 0.2) is 0 Å². The molecule has 1 aliphatic carbocycles. The Morgan fingerprint density at radius 1 is 1.41 bits per heavy atom. The molecule has 0 radical (unpaired) electrons. The van der Waals surface area contributed by atoms with E-state index in [4.69, 9.17) is 21.1 Å². The molecular weight excluding hydrogens is 452 g/mol. The van der Waals surface area contributed by atoms with Crippen LogP contribution in [0.1, 0.15) is 46.0 Å². The smallest absolute Gasteiger partial charge is 0.302 e. The zero-order valence-electron chi connectivity index (χ0n) is 19.5. The monoisotopic (exact) mass is 490 g/mol. The van der Waals surface area contributed by atoms with E-state index < -0.39 is 6.35 Å². The molecule has 8 unspecified atom stereocenters. The van der Waals surface area contributed by atoms with Crippen molar-refractivity contribution in [2.45, 2.75) is 81.4 Å². The number of carbonyl (C=O) groups excluding carboxylic acids is 1. The molecule has 1 spiro atoms. The molecule has 0 aromatic heterocycles. The molecule has 0 aromatic carbocycles. The Labute approximate surface area is 201 Å². The van der Waals surface area contributed by atoms with E-state index in [1.165, 1.54) is 6.92 Å². The number of rotatable bonds is 8. The fourth-order valence-corrected chi connectivity index (χ4v) is 7.95. The van der Waals surface area contributed by atoms with Crippen molar-refractivity contribution in [1.82, 2.24) is 20.4 Å². The highest BCUT2D eigenvalue weighted by Crippen LogP contribution is 2.53. The first-order valence-electron chi connectivity index (χ1n) is 12.0. The summed E-state index contributed by atoms with van der Waals surface area (Å²) in [6.07, 6.45) is 4.09. The number of nitrogens with one attached hydrogen (secondary N) is 2.